The lowest BCUT2D eigenvalue weighted by atomic mass is 10.1. The van der Waals surface area contributed by atoms with Crippen LogP contribution in [0, 0.1) is 20.2 Å². The molecule has 0 spiro atoms. The number of carboxylic acids is 4. The molecule has 6 rings (SSSR count). The first-order chi connectivity index (χ1) is 29.0. The Kier molecular flexibility index (Phi) is 18.2. The highest BCUT2D eigenvalue weighted by atomic mass is 16.6. The number of benzene rings is 3. The summed E-state index contributed by atoms with van der Waals surface area (Å²) in [5.41, 5.74) is 3.36. The number of nitrogens with one attached hydrogen (secondary N) is 1. The molecule has 63 heavy (non-hydrogen) atoms. The third-order valence-electron chi connectivity index (χ3n) is 9.24. The number of rotatable bonds is 8. The Morgan fingerprint density at radius 3 is 1.35 bits per heavy atom. The lowest BCUT2D eigenvalue weighted by Gasteiger charge is -2.21. The van der Waals surface area contributed by atoms with Crippen LogP contribution in [-0.4, -0.2) is 162 Å². The van der Waals surface area contributed by atoms with Gasteiger partial charge in [-0.05, 0) is 24.3 Å². The van der Waals surface area contributed by atoms with Crippen molar-refractivity contribution >= 4 is 52.8 Å². The number of hydrogen-bond acceptors (Lipinski definition) is 18. The van der Waals surface area contributed by atoms with E-state index in [1.807, 2.05) is 0 Å². The predicted molar refractivity (Wildman–Crippen MR) is 212 cm³/mol. The number of nitrogen functional groups attached to an aromatic ring is 1. The molecule has 2 amide bonds. The Balaban J connectivity index is 0.000000300. The summed E-state index contributed by atoms with van der Waals surface area (Å²) in [6.07, 6.45) is -2.17. The molecule has 3 aliphatic rings. The van der Waals surface area contributed by atoms with Crippen molar-refractivity contribution in [3.05, 3.63) is 91.5 Å². The first-order valence-electron chi connectivity index (χ1n) is 17.8. The standard InChI is InChI=1S/C12H12N2O7.C12H14N2O5.C7H5NO5.C5H9NO3.CH4/c15-6-4-9(12(18)19)13(5-6)11(17)7-2-1-3-8(10(7)16)14(20)21;13-8-3-1-2-7(10(8)16)11(17)14-5-6(15)4-9(14)12(18)19;9-6-4(7(10)11)2-1-3-5(6)8(12)13;7-3-1-4(5(8)9)6-2-3;/h1-3,6,9,15-16H,4-5H2,(H,18,19);1-3,6,9,15-16H,4-5,13H2,(H,18,19);1-3,9H,(H,10,11);3-4,6-7H,1-2H2,(H,8,9);1H4/t2*6-,9-;;3-,4-;/m00.0./s1. The van der Waals surface area contributed by atoms with Gasteiger partial charge in [0, 0.05) is 51.0 Å². The van der Waals surface area contributed by atoms with Crippen molar-refractivity contribution in [3.8, 4) is 17.2 Å². The average molecular weight is 893 g/mol. The summed E-state index contributed by atoms with van der Waals surface area (Å²) in [6.45, 7) is 0.110. The molecular weight excluding hydrogens is 848 g/mol. The van der Waals surface area contributed by atoms with Crippen molar-refractivity contribution in [2.75, 3.05) is 25.4 Å². The molecule has 0 bridgehead atoms. The number of amides is 2. The number of anilines is 1. The summed E-state index contributed by atoms with van der Waals surface area (Å²) in [7, 11) is 0. The van der Waals surface area contributed by atoms with Crippen molar-refractivity contribution in [2.24, 2.45) is 0 Å². The van der Waals surface area contributed by atoms with Crippen LogP contribution in [0.5, 0.6) is 17.2 Å². The van der Waals surface area contributed by atoms with E-state index in [-0.39, 0.29) is 55.9 Å². The number of nitrogens with zero attached hydrogens (tertiary/aromatic N) is 4. The lowest BCUT2D eigenvalue weighted by Crippen LogP contribution is -2.40. The van der Waals surface area contributed by atoms with E-state index in [1.165, 1.54) is 30.3 Å². The molecule has 3 heterocycles. The minimum atomic E-state index is -1.40. The molecule has 3 aromatic carbocycles. The molecule has 6 atom stereocenters. The summed E-state index contributed by atoms with van der Waals surface area (Å²) in [4.78, 5) is 88.4. The van der Waals surface area contributed by atoms with Crippen LogP contribution in [-0.2, 0) is 14.4 Å². The fourth-order valence-corrected chi connectivity index (χ4v) is 6.20. The fraction of sp³-hybridized carbons (Fsp3) is 0.351. The summed E-state index contributed by atoms with van der Waals surface area (Å²) in [5, 5.41) is 115. The summed E-state index contributed by atoms with van der Waals surface area (Å²) >= 11 is 0. The molecule has 0 aromatic heterocycles. The predicted octanol–water partition coefficient (Wildman–Crippen LogP) is 0.0233. The maximum atomic E-state index is 12.3. The number of nitrogens with two attached hydrogens (primary N) is 1. The van der Waals surface area contributed by atoms with Crippen LogP contribution in [0.2, 0.25) is 0 Å². The van der Waals surface area contributed by atoms with E-state index in [1.54, 1.807) is 0 Å². The van der Waals surface area contributed by atoms with Crippen LogP contribution in [0.3, 0.4) is 0 Å². The first-order valence-corrected chi connectivity index (χ1v) is 17.8. The fourth-order valence-electron chi connectivity index (χ4n) is 6.20. The number of likely N-dealkylation sites (tertiary alicyclic amines) is 2. The number of aromatic hydroxyl groups is 3. The Morgan fingerprint density at radius 2 is 1.00 bits per heavy atom. The number of aromatic carboxylic acids is 1. The maximum Gasteiger partial charge on any atom is 0.339 e. The Bertz CT molecular complexity index is 2190. The van der Waals surface area contributed by atoms with E-state index in [0.717, 1.165) is 34.1 Å². The van der Waals surface area contributed by atoms with Gasteiger partial charge in [0.1, 0.15) is 23.7 Å². The van der Waals surface area contributed by atoms with Crippen LogP contribution in [0.4, 0.5) is 17.1 Å². The van der Waals surface area contributed by atoms with Gasteiger partial charge in [0.25, 0.3) is 11.8 Å². The van der Waals surface area contributed by atoms with E-state index >= 15 is 0 Å². The molecule has 3 aromatic rings. The molecule has 3 aliphatic heterocycles. The zero-order valence-corrected chi connectivity index (χ0v) is 31.8. The molecule has 26 heteroatoms. The van der Waals surface area contributed by atoms with Gasteiger partial charge >= 0.3 is 35.3 Å². The number of nitro groups is 2. The third kappa shape index (κ3) is 12.9. The Hall–Kier alpha value is -7.68. The van der Waals surface area contributed by atoms with Gasteiger partial charge < -0.3 is 71.9 Å². The zero-order chi connectivity index (χ0) is 46.7. The number of aliphatic carboxylic acids is 3. The first kappa shape index (κ1) is 51.5. The lowest BCUT2D eigenvalue weighted by molar-refractivity contribution is -0.386. The second-order valence-corrected chi connectivity index (χ2v) is 13.5. The maximum absolute atomic E-state index is 12.3. The van der Waals surface area contributed by atoms with Gasteiger partial charge in [-0.25, -0.2) is 14.4 Å². The number of aliphatic hydroxyl groups excluding tert-OH is 3. The van der Waals surface area contributed by atoms with Gasteiger partial charge in [-0.3, -0.25) is 34.6 Å². The van der Waals surface area contributed by atoms with Crippen LogP contribution < -0.4 is 11.1 Å². The minimum Gasteiger partial charge on any atom is -0.505 e. The number of hydrogen-bond donors (Lipinski definition) is 12. The normalized spacial score (nSPS) is 20.8. The summed E-state index contributed by atoms with van der Waals surface area (Å²) in [6, 6.07) is 8.13. The Morgan fingerprint density at radius 1 is 0.603 bits per heavy atom. The van der Waals surface area contributed by atoms with Crippen LogP contribution in [0.15, 0.2) is 54.6 Å². The van der Waals surface area contributed by atoms with E-state index in [2.05, 4.69) is 5.32 Å². The monoisotopic (exact) mass is 892 g/mol. The molecular formula is C37H44N6O20. The van der Waals surface area contributed by atoms with Crippen LogP contribution in [0.25, 0.3) is 0 Å². The largest absolute Gasteiger partial charge is 0.505 e. The number of carbonyl (C=O) groups excluding carboxylic acids is 2. The number of β-amino-alcohol motifs (C(OH)–C–C–N with tert-alkyl or cyclic N) is 3. The average Bonchev–Trinajstić information content (AvgIpc) is 3.94. The van der Waals surface area contributed by atoms with Crippen molar-refractivity contribution < 1.29 is 89.7 Å². The van der Waals surface area contributed by atoms with Crippen molar-refractivity contribution in [2.45, 2.75) is 63.1 Å². The van der Waals surface area contributed by atoms with E-state index in [4.69, 9.17) is 36.4 Å². The SMILES string of the molecule is C.Nc1cccc(C(=O)N2C[C@@H](O)C[C@H]2C(=O)O)c1O.O=C(O)[C@@H]1C[C@H](O)CN1.O=C(O)[C@@H]1C[C@H](O)CN1C(=O)c1cccc([N+](=O)[O-])c1O.O=C(O)c1cccc([N+](=O)[O-])c1O. The van der Waals surface area contributed by atoms with Crippen molar-refractivity contribution in [1.29, 1.82) is 0 Å². The zero-order valence-electron chi connectivity index (χ0n) is 31.8. The number of nitro benzene ring substituents is 2. The van der Waals surface area contributed by atoms with Crippen molar-refractivity contribution in [3.63, 3.8) is 0 Å². The summed E-state index contributed by atoms with van der Waals surface area (Å²) in [5.74, 6) is -8.31. The number of para-hydroxylation sites is 3. The number of aliphatic hydroxyl groups is 3. The third-order valence-corrected chi connectivity index (χ3v) is 9.24. The van der Waals surface area contributed by atoms with Gasteiger partial charge in [0.15, 0.2) is 5.75 Å². The second-order valence-electron chi connectivity index (χ2n) is 13.5. The minimum absolute atomic E-state index is 0. The molecule has 13 N–H and O–H groups in total. The van der Waals surface area contributed by atoms with Gasteiger partial charge in [0.2, 0.25) is 11.5 Å². The quantitative estimate of drug-likeness (QED) is 0.0614. The molecule has 3 saturated heterocycles. The van der Waals surface area contributed by atoms with Gasteiger partial charge in [0.05, 0.1) is 45.0 Å². The van der Waals surface area contributed by atoms with E-state index in [0.29, 0.717) is 13.0 Å². The number of carboxylic acid groups (broad SMARTS) is 4. The van der Waals surface area contributed by atoms with Crippen LogP contribution >= 0.6 is 0 Å². The number of phenolic OH excluding ortho intramolecular Hbond substituents is 2. The summed E-state index contributed by atoms with van der Waals surface area (Å²) < 4.78 is 0. The van der Waals surface area contributed by atoms with Crippen molar-refractivity contribution in [1.82, 2.24) is 15.1 Å². The Labute approximate surface area is 354 Å². The molecule has 26 nitrogen and oxygen atoms in total. The topological polar surface area (TPSA) is 436 Å². The molecule has 0 unspecified atom stereocenters. The smallest absolute Gasteiger partial charge is 0.339 e. The molecule has 0 aliphatic carbocycles. The molecule has 342 valence electrons. The molecule has 0 saturated carbocycles. The van der Waals surface area contributed by atoms with Crippen LogP contribution in [0.1, 0.15) is 57.8 Å². The van der Waals surface area contributed by atoms with E-state index in [9.17, 15) is 69.4 Å². The van der Waals surface area contributed by atoms with Gasteiger partial charge in [-0.1, -0.05) is 25.6 Å². The highest BCUT2D eigenvalue weighted by Crippen LogP contribution is 2.33. The number of phenols is 3. The highest BCUT2D eigenvalue weighted by molar-refractivity contribution is 6.01. The number of carbonyl (C=O) groups is 6. The second kappa shape index (κ2) is 22.2. The molecule has 0 radical (unpaired) electrons. The molecule has 3 fully saturated rings. The van der Waals surface area contributed by atoms with Gasteiger partial charge in [-0.2, -0.15) is 0 Å². The van der Waals surface area contributed by atoms with E-state index < -0.39 is 110 Å². The highest BCUT2D eigenvalue weighted by Gasteiger charge is 2.41. The van der Waals surface area contributed by atoms with Gasteiger partial charge in [-0.15, -0.1) is 0 Å².